The molecule has 0 bridgehead atoms. The standard InChI is InChI=1S/C21H27O3P/c1-3-4-15-19(20(22)21(2)16-24-21)25(23,17-11-7-5-8-12-17)18-13-9-6-10-14-18/h5-14,19-20,22H,3-4,15-16H2,1-2H3/t19-,20-,21+/m1/s1. The molecule has 25 heavy (non-hydrogen) atoms. The summed E-state index contributed by atoms with van der Waals surface area (Å²) in [5, 5.41) is 12.7. The van der Waals surface area contributed by atoms with Gasteiger partial charge in [0.1, 0.15) is 12.7 Å². The van der Waals surface area contributed by atoms with Gasteiger partial charge < -0.3 is 14.4 Å². The first-order valence-corrected chi connectivity index (χ1v) is 10.8. The van der Waals surface area contributed by atoms with Gasteiger partial charge in [-0.3, -0.25) is 0 Å². The lowest BCUT2D eigenvalue weighted by molar-refractivity contribution is 0.0779. The molecule has 1 aliphatic rings. The number of hydrogen-bond donors (Lipinski definition) is 1. The van der Waals surface area contributed by atoms with Crippen LogP contribution in [-0.4, -0.2) is 29.1 Å². The third-order valence-electron chi connectivity index (χ3n) is 5.19. The molecule has 1 heterocycles. The Morgan fingerprint density at radius 2 is 1.56 bits per heavy atom. The van der Waals surface area contributed by atoms with Gasteiger partial charge in [-0.2, -0.15) is 0 Å². The zero-order valence-corrected chi connectivity index (χ0v) is 15.9. The first-order chi connectivity index (χ1) is 12.0. The van der Waals surface area contributed by atoms with E-state index in [1.807, 2.05) is 67.6 Å². The molecule has 0 spiro atoms. The monoisotopic (exact) mass is 358 g/mol. The maximum absolute atomic E-state index is 14.5. The molecule has 0 unspecified atom stereocenters. The van der Waals surface area contributed by atoms with Crippen molar-refractivity contribution >= 4 is 17.8 Å². The highest BCUT2D eigenvalue weighted by Gasteiger charge is 2.54. The summed E-state index contributed by atoms with van der Waals surface area (Å²) in [6, 6.07) is 19.2. The molecular weight excluding hydrogens is 331 g/mol. The van der Waals surface area contributed by atoms with Crippen LogP contribution >= 0.6 is 7.14 Å². The molecule has 2 aromatic rings. The molecule has 3 nitrogen and oxygen atoms in total. The van der Waals surface area contributed by atoms with Crippen LogP contribution in [0.25, 0.3) is 0 Å². The maximum atomic E-state index is 14.5. The van der Waals surface area contributed by atoms with Gasteiger partial charge in [0.2, 0.25) is 0 Å². The highest BCUT2D eigenvalue weighted by atomic mass is 31.2. The fourth-order valence-corrected chi connectivity index (χ4v) is 7.03. The summed E-state index contributed by atoms with van der Waals surface area (Å²) in [6.07, 6.45) is 1.91. The predicted molar refractivity (Wildman–Crippen MR) is 103 cm³/mol. The van der Waals surface area contributed by atoms with Crippen molar-refractivity contribution in [3.63, 3.8) is 0 Å². The van der Waals surface area contributed by atoms with Gasteiger partial charge in [0.15, 0.2) is 0 Å². The van der Waals surface area contributed by atoms with Crippen LogP contribution in [0.2, 0.25) is 0 Å². The van der Waals surface area contributed by atoms with E-state index in [1.165, 1.54) is 0 Å². The Hall–Kier alpha value is -1.41. The van der Waals surface area contributed by atoms with Gasteiger partial charge in [-0.15, -0.1) is 0 Å². The Labute approximate surface area is 150 Å². The summed E-state index contributed by atoms with van der Waals surface area (Å²) in [6.45, 7) is 4.56. The summed E-state index contributed by atoms with van der Waals surface area (Å²) >= 11 is 0. The molecular formula is C21H27O3P. The number of epoxide rings is 1. The Bertz CT molecular complexity index is 682. The van der Waals surface area contributed by atoms with E-state index in [4.69, 9.17) is 4.74 Å². The molecule has 0 aromatic heterocycles. The normalized spacial score (nSPS) is 22.4. The average molecular weight is 358 g/mol. The summed E-state index contributed by atoms with van der Waals surface area (Å²) in [5.74, 6) is 0. The van der Waals surface area contributed by atoms with E-state index in [-0.39, 0.29) is 5.66 Å². The Morgan fingerprint density at radius 1 is 1.08 bits per heavy atom. The van der Waals surface area contributed by atoms with Crippen LogP contribution in [0.15, 0.2) is 60.7 Å². The quantitative estimate of drug-likeness (QED) is 0.578. The second-order valence-corrected chi connectivity index (χ2v) is 10.1. The number of ether oxygens (including phenoxy) is 1. The second kappa shape index (κ2) is 7.45. The number of unbranched alkanes of at least 4 members (excludes halogenated alkanes) is 1. The predicted octanol–water partition coefficient (Wildman–Crippen LogP) is 3.71. The molecule has 2 aromatic carbocycles. The highest BCUT2D eigenvalue weighted by molar-refractivity contribution is 7.79. The third kappa shape index (κ3) is 3.60. The minimum atomic E-state index is -3.01. The van der Waals surface area contributed by atoms with Crippen molar-refractivity contribution < 1.29 is 14.4 Å². The summed E-state index contributed by atoms with van der Waals surface area (Å²) < 4.78 is 20.0. The van der Waals surface area contributed by atoms with Gasteiger partial charge in [0, 0.05) is 16.3 Å². The van der Waals surface area contributed by atoms with Crippen LogP contribution in [0.5, 0.6) is 0 Å². The molecule has 1 fully saturated rings. The van der Waals surface area contributed by atoms with E-state index in [0.717, 1.165) is 29.9 Å². The van der Waals surface area contributed by atoms with Gasteiger partial charge in [-0.25, -0.2) is 0 Å². The van der Waals surface area contributed by atoms with E-state index in [2.05, 4.69) is 6.92 Å². The van der Waals surface area contributed by atoms with Crippen molar-refractivity contribution in [2.45, 2.75) is 50.5 Å². The third-order valence-corrected chi connectivity index (χ3v) is 8.80. The van der Waals surface area contributed by atoms with Crippen molar-refractivity contribution in [3.8, 4) is 0 Å². The molecule has 0 saturated carbocycles. The Balaban J connectivity index is 2.12. The molecule has 1 aliphatic heterocycles. The van der Waals surface area contributed by atoms with E-state index >= 15 is 0 Å². The van der Waals surface area contributed by atoms with Crippen molar-refractivity contribution in [3.05, 3.63) is 60.7 Å². The summed E-state index contributed by atoms with van der Waals surface area (Å²) in [7, 11) is -3.01. The molecule has 134 valence electrons. The van der Waals surface area contributed by atoms with Gasteiger partial charge in [0.25, 0.3) is 0 Å². The number of aliphatic hydroxyl groups is 1. The van der Waals surface area contributed by atoms with Crippen LogP contribution in [-0.2, 0) is 9.30 Å². The van der Waals surface area contributed by atoms with Crippen LogP contribution in [0.4, 0.5) is 0 Å². The number of aliphatic hydroxyl groups excluding tert-OH is 1. The van der Waals surface area contributed by atoms with Crippen molar-refractivity contribution in [1.82, 2.24) is 0 Å². The van der Waals surface area contributed by atoms with Crippen molar-refractivity contribution in [2.75, 3.05) is 6.61 Å². The topological polar surface area (TPSA) is 49.8 Å². The minimum Gasteiger partial charge on any atom is -0.389 e. The van der Waals surface area contributed by atoms with Crippen LogP contribution < -0.4 is 10.6 Å². The number of rotatable bonds is 8. The minimum absolute atomic E-state index is 0.343. The second-order valence-electron chi connectivity index (χ2n) is 7.08. The van der Waals surface area contributed by atoms with Crippen molar-refractivity contribution in [2.24, 2.45) is 0 Å². The zero-order chi connectivity index (χ0) is 17.9. The van der Waals surface area contributed by atoms with E-state index in [9.17, 15) is 9.67 Å². The SMILES string of the molecule is CCCC[C@H]([C@@H](O)[C@]1(C)CO1)P(=O)(c1ccccc1)c1ccccc1. The maximum Gasteiger partial charge on any atom is 0.148 e. The van der Waals surface area contributed by atoms with E-state index in [1.54, 1.807) is 0 Å². The fraction of sp³-hybridized carbons (Fsp3) is 0.429. The van der Waals surface area contributed by atoms with Crippen LogP contribution in [0.3, 0.4) is 0 Å². The van der Waals surface area contributed by atoms with E-state index < -0.39 is 18.8 Å². The Kier molecular flexibility index (Phi) is 5.48. The molecule has 3 atom stereocenters. The zero-order valence-electron chi connectivity index (χ0n) is 15.0. The lowest BCUT2D eigenvalue weighted by Crippen LogP contribution is -2.42. The van der Waals surface area contributed by atoms with Gasteiger partial charge >= 0.3 is 0 Å². The largest absolute Gasteiger partial charge is 0.389 e. The molecule has 0 aliphatic carbocycles. The Morgan fingerprint density at radius 3 is 1.96 bits per heavy atom. The molecule has 1 N–H and O–H groups in total. The molecule has 1 saturated heterocycles. The lowest BCUT2D eigenvalue weighted by Gasteiger charge is -2.34. The summed E-state index contributed by atoms with van der Waals surface area (Å²) in [4.78, 5) is 0. The first-order valence-electron chi connectivity index (χ1n) is 9.05. The van der Waals surface area contributed by atoms with Crippen molar-refractivity contribution in [1.29, 1.82) is 0 Å². The number of benzene rings is 2. The van der Waals surface area contributed by atoms with Gasteiger partial charge in [-0.05, 0) is 13.3 Å². The van der Waals surface area contributed by atoms with E-state index in [0.29, 0.717) is 6.61 Å². The molecule has 0 amide bonds. The van der Waals surface area contributed by atoms with Gasteiger partial charge in [0.05, 0.1) is 12.7 Å². The summed E-state index contributed by atoms with van der Waals surface area (Å²) in [5.41, 5.74) is -0.915. The molecule has 4 heteroatoms. The van der Waals surface area contributed by atoms with Crippen LogP contribution in [0.1, 0.15) is 33.1 Å². The van der Waals surface area contributed by atoms with Gasteiger partial charge in [-0.1, -0.05) is 80.4 Å². The average Bonchev–Trinajstić information content (AvgIpc) is 3.42. The fourth-order valence-electron chi connectivity index (χ4n) is 3.47. The highest BCUT2D eigenvalue weighted by Crippen LogP contribution is 2.54. The molecule has 0 radical (unpaired) electrons. The lowest BCUT2D eigenvalue weighted by atomic mass is 9.99. The first kappa shape index (κ1) is 18.4. The van der Waals surface area contributed by atoms with Crippen LogP contribution in [0, 0.1) is 0 Å². The smallest absolute Gasteiger partial charge is 0.148 e. The number of hydrogen-bond acceptors (Lipinski definition) is 3. The molecule has 3 rings (SSSR count).